The molecule has 0 aliphatic carbocycles. The SMILES string of the molecule is NC(=O)C1CCC(c2ccc(Oc3nnnn3-c3cc(F)ccc3OC(F)(F)F)cc2)N1. The van der Waals surface area contributed by atoms with Crippen molar-refractivity contribution in [1.82, 2.24) is 25.5 Å². The number of nitrogens with zero attached hydrogens (tertiary/aromatic N) is 4. The maximum absolute atomic E-state index is 13.7. The van der Waals surface area contributed by atoms with Gasteiger partial charge in [0.15, 0.2) is 5.75 Å². The Morgan fingerprint density at radius 3 is 2.56 bits per heavy atom. The zero-order chi connectivity index (χ0) is 22.9. The highest BCUT2D eigenvalue weighted by molar-refractivity contribution is 5.80. The lowest BCUT2D eigenvalue weighted by molar-refractivity contribution is -0.274. The van der Waals surface area contributed by atoms with E-state index in [4.69, 9.17) is 10.5 Å². The lowest BCUT2D eigenvalue weighted by Gasteiger charge is -2.14. The normalized spacial score (nSPS) is 18.5. The van der Waals surface area contributed by atoms with Gasteiger partial charge in [0, 0.05) is 12.1 Å². The summed E-state index contributed by atoms with van der Waals surface area (Å²) in [5.74, 6) is -1.66. The van der Waals surface area contributed by atoms with Crippen LogP contribution in [0.2, 0.25) is 0 Å². The molecule has 0 radical (unpaired) electrons. The Labute approximate surface area is 178 Å². The third kappa shape index (κ3) is 4.77. The minimum absolute atomic E-state index is 0.0544. The molecule has 0 spiro atoms. The molecule has 2 unspecified atom stereocenters. The molecule has 1 saturated heterocycles. The highest BCUT2D eigenvalue weighted by Gasteiger charge is 2.33. The smallest absolute Gasteiger partial charge is 0.423 e. The van der Waals surface area contributed by atoms with Crippen LogP contribution in [0.1, 0.15) is 24.4 Å². The molecule has 13 heteroatoms. The molecule has 168 valence electrons. The summed E-state index contributed by atoms with van der Waals surface area (Å²) in [6.07, 6.45) is -3.64. The molecular formula is C19H16F4N6O3. The van der Waals surface area contributed by atoms with E-state index < -0.39 is 29.5 Å². The van der Waals surface area contributed by atoms with Gasteiger partial charge in [-0.25, -0.2) is 4.39 Å². The second-order valence-corrected chi connectivity index (χ2v) is 6.96. The summed E-state index contributed by atoms with van der Waals surface area (Å²) >= 11 is 0. The van der Waals surface area contributed by atoms with E-state index in [1.54, 1.807) is 24.3 Å². The fourth-order valence-electron chi connectivity index (χ4n) is 3.36. The molecular weight excluding hydrogens is 436 g/mol. The average molecular weight is 452 g/mol. The Bertz CT molecular complexity index is 1120. The molecule has 2 atom stereocenters. The van der Waals surface area contributed by atoms with Crippen molar-refractivity contribution in [2.75, 3.05) is 0 Å². The van der Waals surface area contributed by atoms with Gasteiger partial charge in [0.1, 0.15) is 17.3 Å². The van der Waals surface area contributed by atoms with Gasteiger partial charge in [0.25, 0.3) is 0 Å². The summed E-state index contributed by atoms with van der Waals surface area (Å²) in [5.41, 5.74) is 5.81. The number of rotatable bonds is 6. The van der Waals surface area contributed by atoms with Crippen LogP contribution in [0.15, 0.2) is 42.5 Å². The number of nitrogens with two attached hydrogens (primary N) is 1. The standard InChI is InChI=1S/C19H16F4N6O3/c20-11-3-8-16(32-19(21,22)23)15(9-11)29-18(26-27-28-29)31-12-4-1-10(2-5-12)13-6-7-14(25-13)17(24)30/h1-5,8-9,13-14,25H,6-7H2,(H2,24,30). The Kier molecular flexibility index (Phi) is 5.65. The average Bonchev–Trinajstić information content (AvgIpc) is 3.39. The van der Waals surface area contributed by atoms with Crippen molar-refractivity contribution in [3.05, 3.63) is 53.8 Å². The number of carbonyl (C=O) groups is 1. The predicted molar refractivity (Wildman–Crippen MR) is 100 cm³/mol. The van der Waals surface area contributed by atoms with Crippen molar-refractivity contribution >= 4 is 5.91 Å². The molecule has 3 aromatic rings. The molecule has 0 saturated carbocycles. The number of carbonyl (C=O) groups excluding carboxylic acids is 1. The number of halogens is 4. The number of nitrogens with one attached hydrogen (secondary N) is 1. The highest BCUT2D eigenvalue weighted by atomic mass is 19.4. The largest absolute Gasteiger partial charge is 0.573 e. The van der Waals surface area contributed by atoms with Crippen LogP contribution in [0.25, 0.3) is 5.69 Å². The fourth-order valence-corrected chi connectivity index (χ4v) is 3.36. The number of benzene rings is 2. The topological polar surface area (TPSA) is 117 Å². The predicted octanol–water partition coefficient (Wildman–Crippen LogP) is 2.77. The summed E-state index contributed by atoms with van der Waals surface area (Å²) < 4.78 is 62.1. The Hall–Kier alpha value is -3.74. The molecule has 1 aliphatic heterocycles. The zero-order valence-corrected chi connectivity index (χ0v) is 16.2. The van der Waals surface area contributed by atoms with E-state index in [-0.39, 0.29) is 23.8 Å². The number of primary amides is 1. The number of hydrogen-bond donors (Lipinski definition) is 2. The van der Waals surface area contributed by atoms with Gasteiger partial charge in [-0.15, -0.1) is 13.2 Å². The molecule has 1 fully saturated rings. The maximum Gasteiger partial charge on any atom is 0.573 e. The summed E-state index contributed by atoms with van der Waals surface area (Å²) in [6.45, 7) is 0. The number of amides is 1. The summed E-state index contributed by atoms with van der Waals surface area (Å²) in [4.78, 5) is 11.3. The lowest BCUT2D eigenvalue weighted by atomic mass is 10.1. The lowest BCUT2D eigenvalue weighted by Crippen LogP contribution is -2.37. The van der Waals surface area contributed by atoms with Crippen LogP contribution in [0, 0.1) is 5.82 Å². The third-order valence-electron chi connectivity index (χ3n) is 4.80. The van der Waals surface area contributed by atoms with Crippen molar-refractivity contribution in [2.24, 2.45) is 5.73 Å². The number of alkyl halides is 3. The molecule has 3 N–H and O–H groups in total. The van der Waals surface area contributed by atoms with Gasteiger partial charge >= 0.3 is 12.4 Å². The number of ether oxygens (including phenoxy) is 2. The zero-order valence-electron chi connectivity index (χ0n) is 16.2. The van der Waals surface area contributed by atoms with E-state index in [2.05, 4.69) is 25.6 Å². The highest BCUT2D eigenvalue weighted by Crippen LogP contribution is 2.33. The van der Waals surface area contributed by atoms with Crippen molar-refractivity contribution in [3.8, 4) is 23.2 Å². The minimum Gasteiger partial charge on any atom is -0.423 e. The first-order valence-corrected chi connectivity index (χ1v) is 9.37. The van der Waals surface area contributed by atoms with E-state index in [0.717, 1.165) is 34.9 Å². The minimum atomic E-state index is -5.00. The fraction of sp³-hybridized carbons (Fsp3) is 0.263. The van der Waals surface area contributed by atoms with E-state index in [0.29, 0.717) is 6.42 Å². The molecule has 0 bridgehead atoms. The van der Waals surface area contributed by atoms with Crippen LogP contribution in [0.3, 0.4) is 0 Å². The quantitative estimate of drug-likeness (QED) is 0.553. The second kappa shape index (κ2) is 8.42. The van der Waals surface area contributed by atoms with Crippen molar-refractivity contribution < 1.29 is 31.8 Å². The third-order valence-corrected chi connectivity index (χ3v) is 4.80. The first kappa shape index (κ1) is 21.5. The Balaban J connectivity index is 1.54. The molecule has 1 amide bonds. The monoisotopic (exact) mass is 452 g/mol. The van der Waals surface area contributed by atoms with Crippen LogP contribution in [-0.2, 0) is 4.79 Å². The first-order valence-electron chi connectivity index (χ1n) is 9.37. The van der Waals surface area contributed by atoms with Gasteiger partial charge in [-0.3, -0.25) is 10.1 Å². The Morgan fingerprint density at radius 2 is 1.91 bits per heavy atom. The van der Waals surface area contributed by atoms with Gasteiger partial charge in [-0.2, -0.15) is 4.68 Å². The van der Waals surface area contributed by atoms with Crippen molar-refractivity contribution in [2.45, 2.75) is 31.3 Å². The van der Waals surface area contributed by atoms with Gasteiger partial charge < -0.3 is 15.2 Å². The van der Waals surface area contributed by atoms with Gasteiger partial charge in [-0.05, 0) is 53.1 Å². The summed E-state index contributed by atoms with van der Waals surface area (Å²) in [5, 5.41) is 13.8. The van der Waals surface area contributed by atoms with Crippen LogP contribution < -0.4 is 20.5 Å². The van der Waals surface area contributed by atoms with E-state index in [9.17, 15) is 22.4 Å². The van der Waals surface area contributed by atoms with Gasteiger partial charge in [-0.1, -0.05) is 17.2 Å². The van der Waals surface area contributed by atoms with Crippen molar-refractivity contribution in [3.63, 3.8) is 0 Å². The molecule has 32 heavy (non-hydrogen) atoms. The van der Waals surface area contributed by atoms with E-state index in [1.807, 2.05) is 0 Å². The summed E-state index contributed by atoms with van der Waals surface area (Å²) in [6, 6.07) is 8.38. The number of tetrazole rings is 1. The summed E-state index contributed by atoms with van der Waals surface area (Å²) in [7, 11) is 0. The Morgan fingerprint density at radius 1 is 1.16 bits per heavy atom. The molecule has 9 nitrogen and oxygen atoms in total. The first-order chi connectivity index (χ1) is 15.2. The number of hydrogen-bond acceptors (Lipinski definition) is 7. The molecule has 4 rings (SSSR count). The van der Waals surface area contributed by atoms with E-state index in [1.165, 1.54) is 0 Å². The number of aromatic nitrogens is 4. The maximum atomic E-state index is 13.7. The molecule has 2 heterocycles. The van der Waals surface area contributed by atoms with Gasteiger partial charge in [0.05, 0.1) is 6.04 Å². The molecule has 2 aromatic carbocycles. The van der Waals surface area contributed by atoms with Crippen LogP contribution in [0.5, 0.6) is 17.5 Å². The van der Waals surface area contributed by atoms with Crippen molar-refractivity contribution in [1.29, 1.82) is 0 Å². The molecule has 1 aromatic heterocycles. The van der Waals surface area contributed by atoms with E-state index >= 15 is 0 Å². The second-order valence-electron chi connectivity index (χ2n) is 6.96. The van der Waals surface area contributed by atoms with Crippen LogP contribution in [-0.4, -0.2) is 38.5 Å². The van der Waals surface area contributed by atoms with Gasteiger partial charge in [0.2, 0.25) is 5.91 Å². The molecule has 1 aliphatic rings. The van der Waals surface area contributed by atoms with Crippen LogP contribution in [0.4, 0.5) is 17.6 Å². The van der Waals surface area contributed by atoms with Crippen LogP contribution >= 0.6 is 0 Å².